The fourth-order valence-corrected chi connectivity index (χ4v) is 5.25. The molecule has 2 N–H and O–H groups in total. The standard InChI is InChI=1S/C26H29N3O2S/c1-26(2,3)19-12-10-18(11-13-19)23(30)29-25-22(20-8-4-5-9-21(20)32-25)24(31)28-16-17-7-6-14-27-15-17/h6-7,10-15H,4-5,8-9,16H2,1-3H3,(H,28,31)(H,29,30). The van der Waals surface area contributed by atoms with Gasteiger partial charge in [0.05, 0.1) is 5.56 Å². The van der Waals surface area contributed by atoms with Crippen LogP contribution in [0, 0.1) is 0 Å². The topological polar surface area (TPSA) is 71.1 Å². The van der Waals surface area contributed by atoms with Crippen LogP contribution >= 0.6 is 11.3 Å². The molecule has 0 aliphatic heterocycles. The number of rotatable bonds is 5. The third-order valence-electron chi connectivity index (χ3n) is 5.81. The second-order valence-electron chi connectivity index (χ2n) is 9.24. The molecule has 166 valence electrons. The van der Waals surface area contributed by atoms with Crippen LogP contribution in [0.15, 0.2) is 48.8 Å². The number of aromatic nitrogens is 1. The van der Waals surface area contributed by atoms with Gasteiger partial charge in [0, 0.05) is 29.4 Å². The van der Waals surface area contributed by atoms with Crippen LogP contribution in [0.2, 0.25) is 0 Å². The molecule has 3 aromatic rings. The molecule has 0 fully saturated rings. The first-order chi connectivity index (χ1) is 15.3. The first-order valence-electron chi connectivity index (χ1n) is 11.1. The molecule has 32 heavy (non-hydrogen) atoms. The summed E-state index contributed by atoms with van der Waals surface area (Å²) in [5.41, 5.74) is 4.44. The summed E-state index contributed by atoms with van der Waals surface area (Å²) >= 11 is 1.54. The molecule has 0 spiro atoms. The average molecular weight is 448 g/mol. The van der Waals surface area contributed by atoms with Crippen LogP contribution in [0.5, 0.6) is 0 Å². The van der Waals surface area contributed by atoms with Crippen LogP contribution in [0.1, 0.15) is 75.9 Å². The molecule has 1 aliphatic carbocycles. The SMILES string of the molecule is CC(C)(C)c1ccc(C(=O)Nc2sc3c(c2C(=O)NCc2cccnc2)CCCC3)cc1. The van der Waals surface area contributed by atoms with E-state index in [1.807, 2.05) is 36.4 Å². The lowest BCUT2D eigenvalue weighted by Crippen LogP contribution is -2.25. The van der Waals surface area contributed by atoms with Crippen LogP contribution < -0.4 is 10.6 Å². The zero-order valence-electron chi connectivity index (χ0n) is 18.8. The van der Waals surface area contributed by atoms with Gasteiger partial charge in [0.15, 0.2) is 0 Å². The van der Waals surface area contributed by atoms with Gasteiger partial charge in [0.2, 0.25) is 0 Å². The molecule has 2 aromatic heterocycles. The molecule has 5 nitrogen and oxygen atoms in total. The molecule has 1 aliphatic rings. The van der Waals surface area contributed by atoms with Crippen molar-refractivity contribution in [2.45, 2.75) is 58.4 Å². The Morgan fingerprint density at radius 1 is 1.03 bits per heavy atom. The summed E-state index contributed by atoms with van der Waals surface area (Å²) in [4.78, 5) is 31.5. The van der Waals surface area contributed by atoms with Gasteiger partial charge in [-0.1, -0.05) is 39.0 Å². The molecule has 0 bridgehead atoms. The molecule has 6 heteroatoms. The smallest absolute Gasteiger partial charge is 0.256 e. The van der Waals surface area contributed by atoms with E-state index in [0.29, 0.717) is 22.7 Å². The van der Waals surface area contributed by atoms with Crippen molar-refractivity contribution in [2.75, 3.05) is 5.32 Å². The second-order valence-corrected chi connectivity index (χ2v) is 10.3. The normalized spacial score (nSPS) is 13.3. The molecule has 0 unspecified atom stereocenters. The van der Waals surface area contributed by atoms with E-state index in [9.17, 15) is 9.59 Å². The van der Waals surface area contributed by atoms with Crippen LogP contribution in [0.25, 0.3) is 0 Å². The quantitative estimate of drug-likeness (QED) is 0.542. The average Bonchev–Trinajstić information content (AvgIpc) is 3.15. The van der Waals surface area contributed by atoms with Gasteiger partial charge in [-0.2, -0.15) is 0 Å². The predicted molar refractivity (Wildman–Crippen MR) is 129 cm³/mol. The number of anilines is 1. The van der Waals surface area contributed by atoms with E-state index in [0.717, 1.165) is 36.8 Å². The molecular formula is C26H29N3O2S. The van der Waals surface area contributed by atoms with Crippen molar-refractivity contribution in [3.8, 4) is 0 Å². The summed E-state index contributed by atoms with van der Waals surface area (Å²) in [6.07, 6.45) is 7.46. The van der Waals surface area contributed by atoms with E-state index < -0.39 is 0 Å². The highest BCUT2D eigenvalue weighted by Gasteiger charge is 2.26. The van der Waals surface area contributed by atoms with Gasteiger partial charge in [-0.3, -0.25) is 14.6 Å². The van der Waals surface area contributed by atoms with E-state index in [2.05, 4.69) is 36.4 Å². The molecule has 0 atom stereocenters. The van der Waals surface area contributed by atoms with E-state index in [1.54, 1.807) is 12.4 Å². The number of benzene rings is 1. The number of carbonyl (C=O) groups is 2. The largest absolute Gasteiger partial charge is 0.348 e. The molecule has 4 rings (SSSR count). The number of amides is 2. The van der Waals surface area contributed by atoms with Crippen molar-refractivity contribution in [2.24, 2.45) is 0 Å². The lowest BCUT2D eigenvalue weighted by molar-refractivity contribution is 0.0951. The Morgan fingerprint density at radius 2 is 1.78 bits per heavy atom. The zero-order valence-corrected chi connectivity index (χ0v) is 19.6. The van der Waals surface area contributed by atoms with E-state index in [1.165, 1.54) is 21.8 Å². The van der Waals surface area contributed by atoms with Crippen molar-refractivity contribution < 1.29 is 9.59 Å². The summed E-state index contributed by atoms with van der Waals surface area (Å²) < 4.78 is 0. The highest BCUT2D eigenvalue weighted by atomic mass is 32.1. The van der Waals surface area contributed by atoms with E-state index in [4.69, 9.17) is 0 Å². The Balaban J connectivity index is 1.56. The molecule has 2 amide bonds. The Bertz CT molecular complexity index is 1110. The molecule has 0 radical (unpaired) electrons. The lowest BCUT2D eigenvalue weighted by atomic mass is 9.87. The van der Waals surface area contributed by atoms with Crippen molar-refractivity contribution in [3.63, 3.8) is 0 Å². The summed E-state index contributed by atoms with van der Waals surface area (Å²) in [7, 11) is 0. The Morgan fingerprint density at radius 3 is 2.47 bits per heavy atom. The summed E-state index contributed by atoms with van der Waals surface area (Å²) in [5.74, 6) is -0.336. The third kappa shape index (κ3) is 4.91. The monoisotopic (exact) mass is 447 g/mol. The number of hydrogen-bond donors (Lipinski definition) is 2. The van der Waals surface area contributed by atoms with Gasteiger partial charge < -0.3 is 10.6 Å². The van der Waals surface area contributed by atoms with Crippen molar-refractivity contribution >= 4 is 28.2 Å². The van der Waals surface area contributed by atoms with Crippen LogP contribution in [0.4, 0.5) is 5.00 Å². The molecule has 1 aromatic carbocycles. The predicted octanol–water partition coefficient (Wildman–Crippen LogP) is 5.50. The van der Waals surface area contributed by atoms with Gasteiger partial charge in [-0.05, 0) is 66.0 Å². The third-order valence-corrected chi connectivity index (χ3v) is 7.02. The fraction of sp³-hybridized carbons (Fsp3) is 0.346. The van der Waals surface area contributed by atoms with Gasteiger partial charge >= 0.3 is 0 Å². The number of thiophene rings is 1. The Hall–Kier alpha value is -2.99. The van der Waals surface area contributed by atoms with Crippen LogP contribution in [-0.2, 0) is 24.8 Å². The zero-order chi connectivity index (χ0) is 22.7. The minimum Gasteiger partial charge on any atom is -0.348 e. The number of nitrogens with zero attached hydrogens (tertiary/aromatic N) is 1. The molecular weight excluding hydrogens is 418 g/mol. The maximum atomic E-state index is 13.2. The highest BCUT2D eigenvalue weighted by Crippen LogP contribution is 2.38. The number of nitrogens with one attached hydrogen (secondary N) is 2. The maximum Gasteiger partial charge on any atom is 0.256 e. The minimum atomic E-state index is -0.189. The first-order valence-corrected chi connectivity index (χ1v) is 11.9. The Labute approximate surface area is 193 Å². The maximum absolute atomic E-state index is 13.2. The number of hydrogen-bond acceptors (Lipinski definition) is 4. The number of pyridine rings is 1. The number of carbonyl (C=O) groups excluding carboxylic acids is 2. The number of fused-ring (bicyclic) bond motifs is 1. The Kier molecular flexibility index (Phi) is 6.42. The van der Waals surface area contributed by atoms with Crippen molar-refractivity contribution in [3.05, 3.63) is 81.5 Å². The molecule has 2 heterocycles. The first kappa shape index (κ1) is 22.2. The van der Waals surface area contributed by atoms with Gasteiger partial charge in [-0.25, -0.2) is 0 Å². The van der Waals surface area contributed by atoms with E-state index in [-0.39, 0.29) is 17.2 Å². The highest BCUT2D eigenvalue weighted by molar-refractivity contribution is 7.17. The van der Waals surface area contributed by atoms with Crippen LogP contribution in [-0.4, -0.2) is 16.8 Å². The van der Waals surface area contributed by atoms with Gasteiger partial charge in [0.25, 0.3) is 11.8 Å². The van der Waals surface area contributed by atoms with Gasteiger partial charge in [-0.15, -0.1) is 11.3 Å². The minimum absolute atomic E-state index is 0.0291. The fourth-order valence-electron chi connectivity index (χ4n) is 3.96. The molecule has 0 saturated carbocycles. The van der Waals surface area contributed by atoms with Crippen molar-refractivity contribution in [1.82, 2.24) is 10.3 Å². The summed E-state index contributed by atoms with van der Waals surface area (Å²) in [5, 5.41) is 6.68. The van der Waals surface area contributed by atoms with Crippen molar-refractivity contribution in [1.29, 1.82) is 0 Å². The summed E-state index contributed by atoms with van der Waals surface area (Å²) in [6.45, 7) is 6.84. The summed E-state index contributed by atoms with van der Waals surface area (Å²) in [6, 6.07) is 11.5. The molecule has 0 saturated heterocycles. The van der Waals surface area contributed by atoms with Crippen LogP contribution in [0.3, 0.4) is 0 Å². The lowest BCUT2D eigenvalue weighted by Gasteiger charge is -2.19. The second kappa shape index (κ2) is 9.25. The van der Waals surface area contributed by atoms with Gasteiger partial charge in [0.1, 0.15) is 5.00 Å². The van der Waals surface area contributed by atoms with E-state index >= 15 is 0 Å². The number of aryl methyl sites for hydroxylation is 1.